The first-order valence-electron chi connectivity index (χ1n) is 24.9. The molecule has 0 N–H and O–H groups in total. The van der Waals surface area contributed by atoms with Gasteiger partial charge in [0.25, 0.3) is 0 Å². The van der Waals surface area contributed by atoms with Crippen molar-refractivity contribution >= 4 is 77.2 Å². The summed E-state index contributed by atoms with van der Waals surface area (Å²) in [6, 6.07) is 90.8. The Morgan fingerprint density at radius 1 is 0.333 bits per heavy atom. The van der Waals surface area contributed by atoms with Gasteiger partial charge in [-0.3, -0.25) is 0 Å². The first-order valence-corrected chi connectivity index (χ1v) is 24.9. The van der Waals surface area contributed by atoms with E-state index in [1.54, 1.807) is 0 Å². The Labute approximate surface area is 416 Å². The lowest BCUT2D eigenvalue weighted by Crippen LogP contribution is -1.97. The highest BCUT2D eigenvalue weighted by Crippen LogP contribution is 2.50. The smallest absolute Gasteiger partial charge is 0.136 e. The second kappa shape index (κ2) is 16.1. The third kappa shape index (κ3) is 6.17. The zero-order valence-corrected chi connectivity index (χ0v) is 39.3. The zero-order chi connectivity index (χ0) is 47.3. The van der Waals surface area contributed by atoms with Crippen LogP contribution in [-0.2, 0) is 6.42 Å². The molecule has 3 heteroatoms. The molecule has 0 saturated carbocycles. The van der Waals surface area contributed by atoms with Gasteiger partial charge in [0, 0.05) is 49.3 Å². The van der Waals surface area contributed by atoms with Gasteiger partial charge < -0.3 is 13.6 Å². The maximum Gasteiger partial charge on any atom is 0.136 e. The van der Waals surface area contributed by atoms with Crippen molar-refractivity contribution in [2.75, 3.05) is 0 Å². The first kappa shape index (κ1) is 40.4. The second-order valence-electron chi connectivity index (χ2n) is 19.1. The molecular formula is C69H44N2O. The minimum absolute atomic E-state index is 0.811. The predicted molar refractivity (Wildman–Crippen MR) is 302 cm³/mol. The van der Waals surface area contributed by atoms with Gasteiger partial charge in [0.15, 0.2) is 0 Å². The van der Waals surface area contributed by atoms with E-state index in [-0.39, 0.29) is 0 Å². The maximum atomic E-state index is 6.89. The molecule has 1 aliphatic rings. The van der Waals surface area contributed by atoms with Crippen LogP contribution in [0.2, 0.25) is 0 Å². The molecule has 336 valence electrons. The number of hydrogen-bond donors (Lipinski definition) is 0. The van der Waals surface area contributed by atoms with Crippen molar-refractivity contribution in [1.82, 2.24) is 9.13 Å². The standard InChI is InChI=1S/C69H44N2O/c1-4-19-44(20-5-1)45-22-16-23-46(39-45)50-40-47-21-10-11-29-53(47)65-49(41-50)24-17-32-54(65)48-37-38-63-60(42-48)66-56(33-18-36-64(66)72-63)59-43-58-55-30-12-14-34-61(55)70(51-25-6-2-7-26-51)68(58)67-57-31-13-15-35-62(57)71(69(59)67)52-27-8-3-9-28-52/h1-40,42-43H,41H2. The minimum Gasteiger partial charge on any atom is -0.456 e. The van der Waals surface area contributed by atoms with E-state index >= 15 is 0 Å². The third-order valence-corrected chi connectivity index (χ3v) is 15.1. The molecule has 1 aliphatic carbocycles. The van der Waals surface area contributed by atoms with Crippen molar-refractivity contribution in [2.24, 2.45) is 0 Å². The van der Waals surface area contributed by atoms with E-state index in [9.17, 15) is 0 Å². The SMILES string of the molecule is C1=C(c2cccc(-c3ccccc3)c2)Cc2cccc(-c3ccc4oc5cccc(-c6cc7c8ccccc8n(-c8ccccc8)c7c7c8ccccc8n(-c8ccccc8)c67)c5c4c3)c2-c2ccccc21. The highest BCUT2D eigenvalue weighted by molar-refractivity contribution is 6.30. The molecule has 0 spiro atoms. The van der Waals surface area contributed by atoms with E-state index in [1.165, 1.54) is 82.7 Å². The fraction of sp³-hybridized carbons (Fsp3) is 0.0145. The lowest BCUT2D eigenvalue weighted by Gasteiger charge is -2.16. The van der Waals surface area contributed by atoms with Gasteiger partial charge in [0.2, 0.25) is 0 Å². The van der Waals surface area contributed by atoms with Crippen molar-refractivity contribution < 1.29 is 4.42 Å². The molecule has 0 radical (unpaired) electrons. The largest absolute Gasteiger partial charge is 0.456 e. The zero-order valence-electron chi connectivity index (χ0n) is 39.3. The molecule has 0 bridgehead atoms. The molecule has 15 rings (SSSR count). The third-order valence-electron chi connectivity index (χ3n) is 15.1. The molecular weight excluding hydrogens is 873 g/mol. The van der Waals surface area contributed by atoms with Crippen LogP contribution < -0.4 is 0 Å². The van der Waals surface area contributed by atoms with Crippen molar-refractivity contribution in [3.05, 3.63) is 265 Å². The Balaban J connectivity index is 0.978. The fourth-order valence-electron chi connectivity index (χ4n) is 12.0. The predicted octanol–water partition coefficient (Wildman–Crippen LogP) is 18.5. The van der Waals surface area contributed by atoms with E-state index < -0.39 is 0 Å². The number of aromatic nitrogens is 2. The second-order valence-corrected chi connectivity index (χ2v) is 19.1. The van der Waals surface area contributed by atoms with Crippen molar-refractivity contribution in [3.8, 4) is 55.9 Å². The topological polar surface area (TPSA) is 23.0 Å². The van der Waals surface area contributed by atoms with E-state index in [2.05, 4.69) is 264 Å². The Hall–Kier alpha value is -9.44. The summed E-state index contributed by atoms with van der Waals surface area (Å²) in [5, 5.41) is 7.06. The van der Waals surface area contributed by atoms with Crippen LogP contribution in [0.1, 0.15) is 16.7 Å². The highest BCUT2D eigenvalue weighted by Gasteiger charge is 2.27. The number of rotatable bonds is 6. The molecule has 0 fully saturated rings. The highest BCUT2D eigenvalue weighted by atomic mass is 16.3. The van der Waals surface area contributed by atoms with Crippen molar-refractivity contribution in [2.45, 2.75) is 6.42 Å². The number of benzene rings is 11. The number of fused-ring (bicyclic) bond motifs is 13. The first-order chi connectivity index (χ1) is 35.7. The average Bonchev–Trinajstić information content (AvgIpc) is 4.07. The number of hydrogen-bond acceptors (Lipinski definition) is 1. The number of para-hydroxylation sites is 4. The minimum atomic E-state index is 0.811. The summed E-state index contributed by atoms with van der Waals surface area (Å²) in [5.74, 6) is 0. The monoisotopic (exact) mass is 916 g/mol. The molecule has 3 nitrogen and oxygen atoms in total. The molecule has 0 atom stereocenters. The summed E-state index contributed by atoms with van der Waals surface area (Å²) in [4.78, 5) is 0. The van der Waals surface area contributed by atoms with Crippen LogP contribution in [-0.4, -0.2) is 9.13 Å². The lowest BCUT2D eigenvalue weighted by atomic mass is 9.87. The summed E-state index contributed by atoms with van der Waals surface area (Å²) in [6.07, 6.45) is 3.22. The Morgan fingerprint density at radius 3 is 1.75 bits per heavy atom. The van der Waals surface area contributed by atoms with Gasteiger partial charge in [0.05, 0.1) is 22.1 Å². The van der Waals surface area contributed by atoms with Gasteiger partial charge in [-0.25, -0.2) is 0 Å². The molecule has 0 aliphatic heterocycles. The Kier molecular flexibility index (Phi) is 9.02. The summed E-state index contributed by atoms with van der Waals surface area (Å²) >= 11 is 0. The van der Waals surface area contributed by atoms with Crippen LogP contribution in [0.5, 0.6) is 0 Å². The summed E-state index contributed by atoms with van der Waals surface area (Å²) < 4.78 is 11.8. The summed E-state index contributed by atoms with van der Waals surface area (Å²) in [7, 11) is 0. The van der Waals surface area contributed by atoms with Gasteiger partial charge >= 0.3 is 0 Å². The lowest BCUT2D eigenvalue weighted by molar-refractivity contribution is 0.669. The van der Waals surface area contributed by atoms with E-state index in [4.69, 9.17) is 4.42 Å². The van der Waals surface area contributed by atoms with Crippen molar-refractivity contribution in [3.63, 3.8) is 0 Å². The van der Waals surface area contributed by atoms with Crippen LogP contribution in [0.15, 0.2) is 253 Å². The summed E-state index contributed by atoms with van der Waals surface area (Å²) in [6.45, 7) is 0. The normalized spacial score (nSPS) is 12.5. The van der Waals surface area contributed by atoms with E-state index in [0.29, 0.717) is 0 Å². The van der Waals surface area contributed by atoms with Gasteiger partial charge in [-0.2, -0.15) is 0 Å². The van der Waals surface area contributed by atoms with Crippen LogP contribution in [0, 0.1) is 0 Å². The molecule has 0 unspecified atom stereocenters. The number of nitrogens with zero attached hydrogens (tertiary/aromatic N) is 2. The Morgan fingerprint density at radius 2 is 0.944 bits per heavy atom. The van der Waals surface area contributed by atoms with Crippen LogP contribution in [0.25, 0.3) is 133 Å². The molecule has 72 heavy (non-hydrogen) atoms. The van der Waals surface area contributed by atoms with Gasteiger partial charge in [-0.15, -0.1) is 0 Å². The Bertz CT molecular complexity index is 4510. The van der Waals surface area contributed by atoms with E-state index in [1.807, 2.05) is 0 Å². The van der Waals surface area contributed by atoms with Gasteiger partial charge in [0.1, 0.15) is 11.2 Å². The van der Waals surface area contributed by atoms with Gasteiger partial charge in [-0.1, -0.05) is 188 Å². The van der Waals surface area contributed by atoms with Crippen LogP contribution in [0.4, 0.5) is 0 Å². The average molecular weight is 917 g/mol. The maximum absolute atomic E-state index is 6.89. The van der Waals surface area contributed by atoms with Gasteiger partial charge in [-0.05, 0) is 134 Å². The quantitative estimate of drug-likeness (QED) is 0.163. The summed E-state index contributed by atoms with van der Waals surface area (Å²) in [5.41, 5.74) is 23.4. The molecule has 3 heterocycles. The molecule has 3 aromatic heterocycles. The van der Waals surface area contributed by atoms with E-state index in [0.717, 1.165) is 67.5 Å². The van der Waals surface area contributed by atoms with Crippen molar-refractivity contribution in [1.29, 1.82) is 0 Å². The molecule has 0 saturated heterocycles. The van der Waals surface area contributed by atoms with Crippen LogP contribution >= 0.6 is 0 Å². The van der Waals surface area contributed by atoms with Crippen LogP contribution in [0.3, 0.4) is 0 Å². The molecule has 0 amide bonds. The fourth-order valence-corrected chi connectivity index (χ4v) is 12.0. The number of furan rings is 1. The molecule has 11 aromatic carbocycles. The molecule has 14 aromatic rings. The number of allylic oxidation sites excluding steroid dienone is 1.